The predicted octanol–water partition coefficient (Wildman–Crippen LogP) is 3.34. The van der Waals surface area contributed by atoms with Crippen LogP contribution in [-0.4, -0.2) is 48.6 Å². The molecule has 3 aromatic heterocycles. The van der Waals surface area contributed by atoms with E-state index < -0.39 is 0 Å². The third-order valence-electron chi connectivity index (χ3n) is 5.36. The second-order valence-corrected chi connectivity index (χ2v) is 8.27. The second kappa shape index (κ2) is 8.23. The molecule has 0 saturated carbocycles. The van der Waals surface area contributed by atoms with E-state index in [0.29, 0.717) is 35.9 Å². The van der Waals surface area contributed by atoms with E-state index in [0.717, 1.165) is 36.0 Å². The number of nitrogens with one attached hydrogen (secondary N) is 1. The molecule has 11 heteroatoms. The fourth-order valence-corrected chi connectivity index (χ4v) is 4.28. The molecule has 1 fully saturated rings. The van der Waals surface area contributed by atoms with Crippen LogP contribution in [0.1, 0.15) is 18.4 Å². The van der Waals surface area contributed by atoms with Gasteiger partial charge in [0.05, 0.1) is 6.26 Å². The summed E-state index contributed by atoms with van der Waals surface area (Å²) in [6.07, 6.45) is 3.71. The standard InChI is InChI=1S/C20H20BrFN8O/c21-15-9-13(22)6-5-12(15)11-29-7-1-3-14(29)10-24-19-26-18(23)30-20(27-19)25-17(28-30)16-4-2-8-31-16/h2,4-6,8-9,14H,1,3,7,10-11H2,(H3,23,24,25,26,27,28). The summed E-state index contributed by atoms with van der Waals surface area (Å²) in [5.41, 5.74) is 7.12. The van der Waals surface area contributed by atoms with Crippen molar-refractivity contribution < 1.29 is 8.81 Å². The van der Waals surface area contributed by atoms with Gasteiger partial charge in [0.1, 0.15) is 5.82 Å². The lowest BCUT2D eigenvalue weighted by Gasteiger charge is -2.25. The molecule has 0 amide bonds. The summed E-state index contributed by atoms with van der Waals surface area (Å²) < 4.78 is 20.9. The lowest BCUT2D eigenvalue weighted by atomic mass is 10.2. The summed E-state index contributed by atoms with van der Waals surface area (Å²) in [5.74, 6) is 1.63. The number of nitrogen functional groups attached to an aromatic ring is 1. The summed E-state index contributed by atoms with van der Waals surface area (Å²) in [7, 11) is 0. The highest BCUT2D eigenvalue weighted by Gasteiger charge is 2.25. The Bertz CT molecular complexity index is 1210. The Kier molecular flexibility index (Phi) is 5.28. The maximum Gasteiger partial charge on any atom is 0.259 e. The van der Waals surface area contributed by atoms with Crippen LogP contribution in [0.5, 0.6) is 0 Å². The Hall–Kier alpha value is -3.05. The van der Waals surface area contributed by atoms with E-state index in [1.165, 1.54) is 16.6 Å². The first-order valence-corrected chi connectivity index (χ1v) is 10.7. The van der Waals surface area contributed by atoms with Gasteiger partial charge in [0.2, 0.25) is 17.7 Å². The van der Waals surface area contributed by atoms with Gasteiger partial charge in [-0.2, -0.15) is 19.5 Å². The highest BCUT2D eigenvalue weighted by Crippen LogP contribution is 2.25. The van der Waals surface area contributed by atoms with Gasteiger partial charge in [-0.05, 0) is 49.2 Å². The molecule has 4 aromatic rings. The highest BCUT2D eigenvalue weighted by atomic mass is 79.9. The SMILES string of the molecule is Nc1nc(NCC2CCCN2Cc2ccc(F)cc2Br)nc2nc(-c3ccco3)nn12. The van der Waals surface area contributed by atoms with Crippen LogP contribution in [0.25, 0.3) is 17.4 Å². The van der Waals surface area contributed by atoms with Gasteiger partial charge in [0, 0.05) is 23.6 Å². The smallest absolute Gasteiger partial charge is 0.259 e. The topological polar surface area (TPSA) is 110 Å². The van der Waals surface area contributed by atoms with Crippen molar-refractivity contribution in [1.29, 1.82) is 0 Å². The van der Waals surface area contributed by atoms with Crippen molar-refractivity contribution in [3.05, 3.63) is 52.4 Å². The molecule has 1 aromatic carbocycles. The number of hydrogen-bond donors (Lipinski definition) is 2. The van der Waals surface area contributed by atoms with Gasteiger partial charge in [-0.3, -0.25) is 4.90 Å². The quantitative estimate of drug-likeness (QED) is 0.426. The summed E-state index contributed by atoms with van der Waals surface area (Å²) >= 11 is 3.46. The number of furan rings is 1. The van der Waals surface area contributed by atoms with Crippen molar-refractivity contribution in [1.82, 2.24) is 29.5 Å². The molecule has 1 unspecified atom stereocenters. The van der Waals surface area contributed by atoms with Gasteiger partial charge < -0.3 is 15.5 Å². The fourth-order valence-electron chi connectivity index (χ4n) is 3.81. The molecule has 1 saturated heterocycles. The minimum Gasteiger partial charge on any atom is -0.461 e. The Morgan fingerprint density at radius 2 is 2.16 bits per heavy atom. The zero-order valence-corrected chi connectivity index (χ0v) is 18.1. The second-order valence-electron chi connectivity index (χ2n) is 7.41. The lowest BCUT2D eigenvalue weighted by Crippen LogP contribution is -2.35. The fraction of sp³-hybridized carbons (Fsp3) is 0.300. The molecule has 1 aliphatic rings. The van der Waals surface area contributed by atoms with Crippen LogP contribution in [0.2, 0.25) is 0 Å². The average molecular weight is 487 g/mol. The van der Waals surface area contributed by atoms with Crippen molar-refractivity contribution in [3.8, 4) is 11.6 Å². The van der Waals surface area contributed by atoms with Crippen molar-refractivity contribution in [2.75, 3.05) is 24.1 Å². The first kappa shape index (κ1) is 19.9. The third-order valence-corrected chi connectivity index (χ3v) is 6.10. The lowest BCUT2D eigenvalue weighted by molar-refractivity contribution is 0.253. The molecule has 0 aliphatic carbocycles. The molecular formula is C20H20BrFN8O. The molecule has 0 spiro atoms. The molecule has 3 N–H and O–H groups in total. The van der Waals surface area contributed by atoms with Crippen LogP contribution >= 0.6 is 15.9 Å². The van der Waals surface area contributed by atoms with E-state index in [4.69, 9.17) is 10.2 Å². The Morgan fingerprint density at radius 3 is 2.97 bits per heavy atom. The molecule has 9 nitrogen and oxygen atoms in total. The van der Waals surface area contributed by atoms with Gasteiger partial charge in [-0.15, -0.1) is 5.10 Å². The molecule has 31 heavy (non-hydrogen) atoms. The predicted molar refractivity (Wildman–Crippen MR) is 117 cm³/mol. The Morgan fingerprint density at radius 1 is 1.26 bits per heavy atom. The number of nitrogens with zero attached hydrogens (tertiary/aromatic N) is 6. The zero-order chi connectivity index (χ0) is 21.4. The number of rotatable bonds is 6. The van der Waals surface area contributed by atoms with Crippen LogP contribution in [0.4, 0.5) is 16.3 Å². The normalized spacial score (nSPS) is 16.9. The highest BCUT2D eigenvalue weighted by molar-refractivity contribution is 9.10. The van der Waals surface area contributed by atoms with Crippen LogP contribution in [0, 0.1) is 5.82 Å². The van der Waals surface area contributed by atoms with Crippen LogP contribution < -0.4 is 11.1 Å². The van der Waals surface area contributed by atoms with Crippen molar-refractivity contribution >= 4 is 33.6 Å². The summed E-state index contributed by atoms with van der Waals surface area (Å²) in [6, 6.07) is 8.65. The maximum atomic E-state index is 13.4. The number of nitrogens with two attached hydrogens (primary N) is 1. The minimum atomic E-state index is -0.246. The monoisotopic (exact) mass is 486 g/mol. The van der Waals surface area contributed by atoms with Crippen molar-refractivity contribution in [3.63, 3.8) is 0 Å². The first-order chi connectivity index (χ1) is 15.1. The molecule has 5 rings (SSSR count). The average Bonchev–Trinajstić information content (AvgIpc) is 3.49. The molecule has 1 aliphatic heterocycles. The van der Waals surface area contributed by atoms with Gasteiger partial charge in [0.15, 0.2) is 5.76 Å². The first-order valence-electron chi connectivity index (χ1n) is 9.93. The number of halogens is 2. The van der Waals surface area contributed by atoms with Crippen LogP contribution in [0.3, 0.4) is 0 Å². The molecule has 0 radical (unpaired) electrons. The number of aromatic nitrogens is 5. The summed E-state index contributed by atoms with van der Waals surface area (Å²) in [5, 5.41) is 7.58. The van der Waals surface area contributed by atoms with Gasteiger partial charge >= 0.3 is 0 Å². The largest absolute Gasteiger partial charge is 0.461 e. The van der Waals surface area contributed by atoms with Gasteiger partial charge in [-0.25, -0.2) is 4.39 Å². The van der Waals surface area contributed by atoms with Crippen molar-refractivity contribution in [2.45, 2.75) is 25.4 Å². The molecule has 160 valence electrons. The van der Waals surface area contributed by atoms with E-state index in [2.05, 4.69) is 46.2 Å². The van der Waals surface area contributed by atoms with Crippen molar-refractivity contribution in [2.24, 2.45) is 0 Å². The van der Waals surface area contributed by atoms with E-state index in [-0.39, 0.29) is 11.8 Å². The van der Waals surface area contributed by atoms with E-state index >= 15 is 0 Å². The van der Waals surface area contributed by atoms with E-state index in [1.807, 2.05) is 6.07 Å². The number of benzene rings is 1. The Balaban J connectivity index is 1.29. The van der Waals surface area contributed by atoms with Crippen LogP contribution in [0.15, 0.2) is 45.5 Å². The minimum absolute atomic E-state index is 0.191. The maximum absolute atomic E-state index is 13.4. The molecular weight excluding hydrogens is 467 g/mol. The molecule has 4 heterocycles. The Labute approximate surface area is 185 Å². The van der Waals surface area contributed by atoms with E-state index in [1.54, 1.807) is 18.4 Å². The number of anilines is 2. The molecule has 0 bridgehead atoms. The summed E-state index contributed by atoms with van der Waals surface area (Å²) in [4.78, 5) is 15.5. The molecule has 1 atom stereocenters. The third kappa shape index (κ3) is 4.10. The zero-order valence-electron chi connectivity index (χ0n) is 16.5. The number of likely N-dealkylation sites (tertiary alicyclic amines) is 1. The van der Waals surface area contributed by atoms with Gasteiger partial charge in [0.25, 0.3) is 5.78 Å². The number of hydrogen-bond acceptors (Lipinski definition) is 8. The van der Waals surface area contributed by atoms with E-state index in [9.17, 15) is 4.39 Å². The summed E-state index contributed by atoms with van der Waals surface area (Å²) in [6.45, 7) is 2.38. The van der Waals surface area contributed by atoms with Gasteiger partial charge in [-0.1, -0.05) is 22.0 Å². The van der Waals surface area contributed by atoms with Crippen LogP contribution in [-0.2, 0) is 6.54 Å². The number of fused-ring (bicyclic) bond motifs is 1.